The Kier molecular flexibility index (Phi) is 3.61. The van der Waals surface area contributed by atoms with E-state index in [9.17, 15) is 9.90 Å². The van der Waals surface area contributed by atoms with E-state index in [1.54, 1.807) is 0 Å². The Bertz CT molecular complexity index is 364. The standard InChI is InChI=1S/C12H17NO2S/c1-13(10-4-2-3-5-11(10)15)12-7-6-9(8-14)16-12/h6-8,10-11,15H,2-5H2,1H3. The number of anilines is 1. The normalized spacial score (nSPS) is 25.4. The Balaban J connectivity index is 2.10. The predicted molar refractivity (Wildman–Crippen MR) is 66.4 cm³/mol. The van der Waals surface area contributed by atoms with Gasteiger partial charge in [0.25, 0.3) is 0 Å². The van der Waals surface area contributed by atoms with Crippen LogP contribution in [0.4, 0.5) is 5.00 Å². The van der Waals surface area contributed by atoms with Crippen LogP contribution >= 0.6 is 11.3 Å². The van der Waals surface area contributed by atoms with Gasteiger partial charge in [0.15, 0.2) is 6.29 Å². The second-order valence-electron chi connectivity index (χ2n) is 4.32. The van der Waals surface area contributed by atoms with Crippen LogP contribution in [0.1, 0.15) is 35.4 Å². The van der Waals surface area contributed by atoms with Gasteiger partial charge in [-0.15, -0.1) is 11.3 Å². The van der Waals surface area contributed by atoms with Crippen LogP contribution in [0.3, 0.4) is 0 Å². The van der Waals surface area contributed by atoms with Crippen LogP contribution in [0, 0.1) is 0 Å². The lowest BCUT2D eigenvalue weighted by Crippen LogP contribution is -2.43. The fourth-order valence-electron chi connectivity index (χ4n) is 2.30. The van der Waals surface area contributed by atoms with E-state index in [2.05, 4.69) is 4.90 Å². The number of aldehydes is 1. The summed E-state index contributed by atoms with van der Waals surface area (Å²) in [7, 11) is 2.00. The van der Waals surface area contributed by atoms with Crippen molar-refractivity contribution in [3.8, 4) is 0 Å². The molecule has 1 saturated carbocycles. The first-order chi connectivity index (χ1) is 7.72. The summed E-state index contributed by atoms with van der Waals surface area (Å²) in [6.45, 7) is 0. The van der Waals surface area contributed by atoms with Crippen molar-refractivity contribution in [3.63, 3.8) is 0 Å². The van der Waals surface area contributed by atoms with Crippen LogP contribution in [0.2, 0.25) is 0 Å². The summed E-state index contributed by atoms with van der Waals surface area (Å²) in [5, 5.41) is 11.0. The monoisotopic (exact) mass is 239 g/mol. The molecule has 2 rings (SSSR count). The number of likely N-dealkylation sites (N-methyl/N-ethyl adjacent to an activating group) is 1. The number of aliphatic hydroxyl groups excluding tert-OH is 1. The molecule has 1 N–H and O–H groups in total. The topological polar surface area (TPSA) is 40.5 Å². The first-order valence-corrected chi connectivity index (χ1v) is 6.50. The van der Waals surface area contributed by atoms with Crippen molar-refractivity contribution in [3.05, 3.63) is 17.0 Å². The zero-order valence-corrected chi connectivity index (χ0v) is 10.2. The van der Waals surface area contributed by atoms with Gasteiger partial charge in [0.05, 0.1) is 22.0 Å². The third kappa shape index (κ3) is 2.28. The molecule has 0 aromatic carbocycles. The number of nitrogens with zero attached hydrogens (tertiary/aromatic N) is 1. The van der Waals surface area contributed by atoms with E-state index in [4.69, 9.17) is 0 Å². The van der Waals surface area contributed by atoms with Gasteiger partial charge in [0.1, 0.15) is 0 Å². The van der Waals surface area contributed by atoms with Crippen molar-refractivity contribution in [2.75, 3.05) is 11.9 Å². The van der Waals surface area contributed by atoms with E-state index in [1.165, 1.54) is 17.8 Å². The van der Waals surface area contributed by atoms with Gasteiger partial charge >= 0.3 is 0 Å². The fourth-order valence-corrected chi connectivity index (χ4v) is 3.14. The smallest absolute Gasteiger partial charge is 0.160 e. The maximum absolute atomic E-state index is 10.6. The molecule has 2 atom stereocenters. The molecule has 0 bridgehead atoms. The highest BCUT2D eigenvalue weighted by atomic mass is 32.1. The predicted octanol–water partition coefficient (Wildman–Crippen LogP) is 2.30. The number of carbonyl (C=O) groups is 1. The molecule has 1 aromatic heterocycles. The fraction of sp³-hybridized carbons (Fsp3) is 0.583. The van der Waals surface area contributed by atoms with E-state index >= 15 is 0 Å². The Morgan fingerprint density at radius 2 is 2.19 bits per heavy atom. The molecular weight excluding hydrogens is 222 g/mol. The second kappa shape index (κ2) is 4.97. The minimum absolute atomic E-state index is 0.201. The molecule has 4 heteroatoms. The molecule has 3 nitrogen and oxygen atoms in total. The summed E-state index contributed by atoms with van der Waals surface area (Å²) in [6, 6.07) is 3.99. The third-order valence-corrected chi connectivity index (χ3v) is 4.37. The van der Waals surface area contributed by atoms with E-state index < -0.39 is 0 Å². The molecule has 2 unspecified atom stereocenters. The van der Waals surface area contributed by atoms with Gasteiger partial charge in [-0.2, -0.15) is 0 Å². The van der Waals surface area contributed by atoms with Gasteiger partial charge in [0, 0.05) is 7.05 Å². The number of thiophene rings is 1. The van der Waals surface area contributed by atoms with E-state index in [0.717, 1.165) is 35.4 Å². The van der Waals surface area contributed by atoms with E-state index in [0.29, 0.717) is 0 Å². The number of hydrogen-bond acceptors (Lipinski definition) is 4. The Morgan fingerprint density at radius 1 is 1.44 bits per heavy atom. The minimum Gasteiger partial charge on any atom is -0.391 e. The lowest BCUT2D eigenvalue weighted by atomic mass is 9.92. The average Bonchev–Trinajstić information content (AvgIpc) is 2.77. The molecule has 0 aliphatic heterocycles. The molecule has 1 aliphatic rings. The number of carbonyl (C=O) groups excluding carboxylic acids is 1. The van der Waals surface area contributed by atoms with Gasteiger partial charge in [-0.1, -0.05) is 12.8 Å². The highest BCUT2D eigenvalue weighted by Crippen LogP contribution is 2.30. The molecule has 1 heterocycles. The quantitative estimate of drug-likeness (QED) is 0.823. The Morgan fingerprint density at radius 3 is 2.81 bits per heavy atom. The maximum Gasteiger partial charge on any atom is 0.160 e. The van der Waals surface area contributed by atoms with Crippen LogP contribution in [0.5, 0.6) is 0 Å². The summed E-state index contributed by atoms with van der Waals surface area (Å²) < 4.78 is 0. The van der Waals surface area contributed by atoms with Gasteiger partial charge in [-0.25, -0.2) is 0 Å². The van der Waals surface area contributed by atoms with Gasteiger partial charge in [-0.3, -0.25) is 4.79 Å². The van der Waals surface area contributed by atoms with Crippen LogP contribution < -0.4 is 4.90 Å². The largest absolute Gasteiger partial charge is 0.391 e. The molecule has 0 radical (unpaired) electrons. The number of aliphatic hydroxyl groups is 1. The molecule has 1 aromatic rings. The van der Waals surface area contributed by atoms with Crippen molar-refractivity contribution in [2.24, 2.45) is 0 Å². The molecule has 0 spiro atoms. The molecule has 88 valence electrons. The average molecular weight is 239 g/mol. The number of hydrogen-bond donors (Lipinski definition) is 1. The maximum atomic E-state index is 10.6. The molecular formula is C12H17NO2S. The van der Waals surface area contributed by atoms with Crippen LogP contribution in [0.25, 0.3) is 0 Å². The van der Waals surface area contributed by atoms with Crippen molar-refractivity contribution in [1.29, 1.82) is 0 Å². The van der Waals surface area contributed by atoms with E-state index in [1.807, 2.05) is 19.2 Å². The molecule has 1 aliphatic carbocycles. The van der Waals surface area contributed by atoms with Crippen molar-refractivity contribution in [2.45, 2.75) is 37.8 Å². The summed E-state index contributed by atoms with van der Waals surface area (Å²) >= 11 is 1.48. The number of rotatable bonds is 3. The van der Waals surface area contributed by atoms with Crippen molar-refractivity contribution < 1.29 is 9.90 Å². The van der Waals surface area contributed by atoms with E-state index in [-0.39, 0.29) is 12.1 Å². The molecule has 16 heavy (non-hydrogen) atoms. The van der Waals surface area contributed by atoms with Gasteiger partial charge in [0.2, 0.25) is 0 Å². The summed E-state index contributed by atoms with van der Waals surface area (Å²) in [5.41, 5.74) is 0. The minimum atomic E-state index is -0.236. The first-order valence-electron chi connectivity index (χ1n) is 5.68. The van der Waals surface area contributed by atoms with Crippen LogP contribution in [0.15, 0.2) is 12.1 Å². The summed E-state index contributed by atoms with van der Waals surface area (Å²) in [4.78, 5) is 13.5. The lowest BCUT2D eigenvalue weighted by molar-refractivity contribution is 0.106. The first kappa shape index (κ1) is 11.6. The summed E-state index contributed by atoms with van der Waals surface area (Å²) in [6.07, 6.45) is 4.86. The van der Waals surface area contributed by atoms with Crippen LogP contribution in [-0.2, 0) is 0 Å². The van der Waals surface area contributed by atoms with Gasteiger partial charge < -0.3 is 10.0 Å². The molecule has 0 saturated heterocycles. The van der Waals surface area contributed by atoms with Crippen LogP contribution in [-0.4, -0.2) is 30.6 Å². The molecule has 1 fully saturated rings. The zero-order valence-electron chi connectivity index (χ0n) is 9.43. The van der Waals surface area contributed by atoms with Gasteiger partial charge in [-0.05, 0) is 25.0 Å². The van der Waals surface area contributed by atoms with Crippen molar-refractivity contribution in [1.82, 2.24) is 0 Å². The summed E-state index contributed by atoms with van der Waals surface area (Å²) in [5.74, 6) is 0. The lowest BCUT2D eigenvalue weighted by Gasteiger charge is -2.35. The highest BCUT2D eigenvalue weighted by molar-refractivity contribution is 7.17. The second-order valence-corrected chi connectivity index (χ2v) is 5.42. The SMILES string of the molecule is CN(c1ccc(C=O)s1)C1CCCCC1O. The zero-order chi connectivity index (χ0) is 11.5. The molecule has 0 amide bonds. The Labute approximate surface area is 99.7 Å². The third-order valence-electron chi connectivity index (χ3n) is 3.27. The van der Waals surface area contributed by atoms with Crippen molar-refractivity contribution >= 4 is 22.6 Å². The highest BCUT2D eigenvalue weighted by Gasteiger charge is 2.27. The Hall–Kier alpha value is -0.870.